The SMILES string of the molecule is O=C(Nc1ccc2oc(Cc3ccccc3)nc2c1)c1ccc(-c2ccc(F)c(Cl)c2)o1. The minimum absolute atomic E-state index is 0.0163. The highest BCUT2D eigenvalue weighted by atomic mass is 35.5. The number of nitrogens with one attached hydrogen (secondary N) is 1. The number of carbonyl (C=O) groups is 1. The standard InChI is InChI=1S/C25H16ClFN2O3/c26-18-13-16(6-8-19(18)27)21-10-11-23(31-21)25(30)28-17-7-9-22-20(14-17)29-24(32-22)12-15-4-2-1-3-5-15/h1-11,13-14H,12H2,(H,28,30). The van der Waals surface area contributed by atoms with Crippen molar-refractivity contribution in [1.29, 1.82) is 0 Å². The third-order valence-corrected chi connectivity index (χ3v) is 5.21. The van der Waals surface area contributed by atoms with Gasteiger partial charge in [-0.2, -0.15) is 0 Å². The Morgan fingerprint density at radius 2 is 1.81 bits per heavy atom. The maximum absolute atomic E-state index is 13.4. The van der Waals surface area contributed by atoms with E-state index in [4.69, 9.17) is 20.4 Å². The van der Waals surface area contributed by atoms with Gasteiger partial charge in [0.05, 0.1) is 5.02 Å². The first-order chi connectivity index (χ1) is 15.5. The molecule has 5 nitrogen and oxygen atoms in total. The molecule has 158 valence electrons. The molecular weight excluding hydrogens is 431 g/mol. The molecule has 0 aliphatic carbocycles. The number of aromatic nitrogens is 1. The summed E-state index contributed by atoms with van der Waals surface area (Å²) in [7, 11) is 0. The molecule has 7 heteroatoms. The number of furan rings is 1. The van der Waals surface area contributed by atoms with E-state index in [9.17, 15) is 9.18 Å². The van der Waals surface area contributed by atoms with E-state index in [2.05, 4.69) is 10.3 Å². The summed E-state index contributed by atoms with van der Waals surface area (Å²) in [4.78, 5) is 17.2. The number of fused-ring (bicyclic) bond motifs is 1. The molecule has 0 fully saturated rings. The molecule has 0 saturated carbocycles. The molecule has 2 heterocycles. The summed E-state index contributed by atoms with van der Waals surface area (Å²) in [6.45, 7) is 0. The summed E-state index contributed by atoms with van der Waals surface area (Å²) < 4.78 is 24.8. The van der Waals surface area contributed by atoms with E-state index in [1.54, 1.807) is 30.3 Å². The van der Waals surface area contributed by atoms with Crippen LogP contribution in [0.5, 0.6) is 0 Å². The molecule has 5 rings (SSSR count). The number of rotatable bonds is 5. The van der Waals surface area contributed by atoms with Crippen LogP contribution >= 0.6 is 11.6 Å². The second-order valence-electron chi connectivity index (χ2n) is 7.20. The first kappa shape index (κ1) is 20.0. The molecule has 0 aliphatic rings. The normalized spacial score (nSPS) is 11.1. The van der Waals surface area contributed by atoms with Gasteiger partial charge in [-0.1, -0.05) is 41.9 Å². The van der Waals surface area contributed by atoms with Crippen LogP contribution in [0.2, 0.25) is 5.02 Å². The Bertz CT molecular complexity index is 1430. The molecule has 32 heavy (non-hydrogen) atoms. The molecule has 0 radical (unpaired) electrons. The first-order valence-corrected chi connectivity index (χ1v) is 10.2. The molecule has 3 aromatic carbocycles. The lowest BCUT2D eigenvalue weighted by molar-refractivity contribution is 0.0997. The van der Waals surface area contributed by atoms with Crippen LogP contribution in [0.4, 0.5) is 10.1 Å². The molecule has 0 unspecified atom stereocenters. The van der Waals surface area contributed by atoms with Crippen molar-refractivity contribution >= 4 is 34.3 Å². The van der Waals surface area contributed by atoms with Crippen LogP contribution in [-0.2, 0) is 6.42 Å². The number of benzene rings is 3. The third kappa shape index (κ3) is 4.13. The van der Waals surface area contributed by atoms with Gasteiger partial charge in [0.25, 0.3) is 5.91 Å². The molecule has 0 aliphatic heterocycles. The Morgan fingerprint density at radius 3 is 2.62 bits per heavy atom. The van der Waals surface area contributed by atoms with Crippen LogP contribution in [0.3, 0.4) is 0 Å². The van der Waals surface area contributed by atoms with Gasteiger partial charge in [0.15, 0.2) is 17.2 Å². The fourth-order valence-electron chi connectivity index (χ4n) is 3.36. The maximum atomic E-state index is 13.4. The zero-order valence-electron chi connectivity index (χ0n) is 16.6. The summed E-state index contributed by atoms with van der Waals surface area (Å²) in [6, 6.07) is 22.6. The number of nitrogens with zero attached hydrogens (tertiary/aromatic N) is 1. The maximum Gasteiger partial charge on any atom is 0.291 e. The van der Waals surface area contributed by atoms with E-state index >= 15 is 0 Å². The average Bonchev–Trinajstić information content (AvgIpc) is 3.43. The smallest absolute Gasteiger partial charge is 0.291 e. The van der Waals surface area contributed by atoms with Gasteiger partial charge in [-0.15, -0.1) is 0 Å². The van der Waals surface area contributed by atoms with Crippen molar-refractivity contribution in [3.63, 3.8) is 0 Å². The quantitative estimate of drug-likeness (QED) is 0.325. The molecule has 1 amide bonds. The minimum atomic E-state index is -0.518. The van der Waals surface area contributed by atoms with Crippen LogP contribution in [-0.4, -0.2) is 10.9 Å². The van der Waals surface area contributed by atoms with E-state index in [-0.39, 0.29) is 10.8 Å². The lowest BCUT2D eigenvalue weighted by Crippen LogP contribution is -2.10. The number of hydrogen-bond acceptors (Lipinski definition) is 4. The number of oxazole rings is 1. The topological polar surface area (TPSA) is 68.3 Å². The molecule has 1 N–H and O–H groups in total. The average molecular weight is 447 g/mol. The Balaban J connectivity index is 1.32. The van der Waals surface area contributed by atoms with Gasteiger partial charge in [-0.25, -0.2) is 9.37 Å². The van der Waals surface area contributed by atoms with E-state index in [1.807, 2.05) is 30.3 Å². The van der Waals surface area contributed by atoms with E-state index < -0.39 is 11.7 Å². The molecule has 2 aromatic heterocycles. The number of anilines is 1. The second-order valence-corrected chi connectivity index (χ2v) is 7.61. The molecule has 0 spiro atoms. The Labute approximate surface area is 187 Å². The van der Waals surface area contributed by atoms with Crippen molar-refractivity contribution in [2.24, 2.45) is 0 Å². The van der Waals surface area contributed by atoms with Crippen molar-refractivity contribution in [1.82, 2.24) is 4.98 Å². The highest BCUT2D eigenvalue weighted by Crippen LogP contribution is 2.27. The third-order valence-electron chi connectivity index (χ3n) is 4.92. The zero-order valence-corrected chi connectivity index (χ0v) is 17.4. The number of halogens is 2. The first-order valence-electron chi connectivity index (χ1n) is 9.85. The highest BCUT2D eigenvalue weighted by Gasteiger charge is 2.15. The summed E-state index contributed by atoms with van der Waals surface area (Å²) in [5, 5.41) is 2.78. The van der Waals surface area contributed by atoms with Crippen LogP contribution < -0.4 is 5.32 Å². The number of hydrogen-bond donors (Lipinski definition) is 1. The van der Waals surface area contributed by atoms with Gasteiger partial charge in [0, 0.05) is 17.7 Å². The van der Waals surface area contributed by atoms with Gasteiger partial charge in [0.1, 0.15) is 17.1 Å². The lowest BCUT2D eigenvalue weighted by Gasteiger charge is -2.03. The molecule has 5 aromatic rings. The van der Waals surface area contributed by atoms with Crippen LogP contribution in [0, 0.1) is 5.82 Å². The summed E-state index contributed by atoms with van der Waals surface area (Å²) in [6.07, 6.45) is 0.583. The zero-order chi connectivity index (χ0) is 22.1. The van der Waals surface area contributed by atoms with Crippen molar-refractivity contribution in [3.8, 4) is 11.3 Å². The fourth-order valence-corrected chi connectivity index (χ4v) is 3.54. The van der Waals surface area contributed by atoms with Gasteiger partial charge in [-0.05, 0) is 54.1 Å². The monoisotopic (exact) mass is 446 g/mol. The van der Waals surface area contributed by atoms with Crippen molar-refractivity contribution < 1.29 is 18.0 Å². The highest BCUT2D eigenvalue weighted by molar-refractivity contribution is 6.31. The number of amides is 1. The largest absolute Gasteiger partial charge is 0.451 e. The summed E-state index contributed by atoms with van der Waals surface area (Å²) in [5.41, 5.74) is 3.52. The second kappa shape index (κ2) is 8.32. The molecular formula is C25H16ClFN2O3. The van der Waals surface area contributed by atoms with Crippen LogP contribution in [0.25, 0.3) is 22.4 Å². The molecule has 0 saturated heterocycles. The molecule has 0 bridgehead atoms. The van der Waals surface area contributed by atoms with Crippen molar-refractivity contribution in [2.45, 2.75) is 6.42 Å². The van der Waals surface area contributed by atoms with Gasteiger partial charge in [-0.3, -0.25) is 4.79 Å². The minimum Gasteiger partial charge on any atom is -0.451 e. The molecule has 0 atom stereocenters. The van der Waals surface area contributed by atoms with Crippen LogP contribution in [0.1, 0.15) is 22.0 Å². The predicted octanol–water partition coefficient (Wildman–Crippen LogP) is 6.72. The van der Waals surface area contributed by atoms with Gasteiger partial charge in [0.2, 0.25) is 0 Å². The van der Waals surface area contributed by atoms with E-state index in [1.165, 1.54) is 18.2 Å². The lowest BCUT2D eigenvalue weighted by atomic mass is 10.1. The van der Waals surface area contributed by atoms with E-state index in [0.29, 0.717) is 40.4 Å². The van der Waals surface area contributed by atoms with Gasteiger partial charge >= 0.3 is 0 Å². The Hall–Kier alpha value is -3.90. The van der Waals surface area contributed by atoms with Gasteiger partial charge < -0.3 is 14.2 Å². The van der Waals surface area contributed by atoms with Crippen LogP contribution in [0.15, 0.2) is 87.7 Å². The number of carbonyl (C=O) groups excluding carboxylic acids is 1. The van der Waals surface area contributed by atoms with Crippen molar-refractivity contribution in [3.05, 3.63) is 107 Å². The van der Waals surface area contributed by atoms with E-state index in [0.717, 1.165) is 5.56 Å². The van der Waals surface area contributed by atoms with Crippen molar-refractivity contribution in [2.75, 3.05) is 5.32 Å². The Kier molecular flexibility index (Phi) is 5.21. The predicted molar refractivity (Wildman–Crippen MR) is 120 cm³/mol. The fraction of sp³-hybridized carbons (Fsp3) is 0.0400. The summed E-state index contributed by atoms with van der Waals surface area (Å²) >= 11 is 5.83. The Morgan fingerprint density at radius 1 is 0.969 bits per heavy atom. The summed E-state index contributed by atoms with van der Waals surface area (Å²) in [5.74, 6) is 0.190.